The van der Waals surface area contributed by atoms with Crippen molar-refractivity contribution in [2.75, 3.05) is 20.1 Å². The van der Waals surface area contributed by atoms with Crippen LogP contribution in [0.1, 0.15) is 24.3 Å². The summed E-state index contributed by atoms with van der Waals surface area (Å²) in [6, 6.07) is 0. The van der Waals surface area contributed by atoms with E-state index in [1.54, 1.807) is 22.8 Å². The normalized spacial score (nSPS) is 10.1. The molecule has 1 amide bonds. The van der Waals surface area contributed by atoms with Crippen molar-refractivity contribution in [2.24, 2.45) is 11.1 Å². The summed E-state index contributed by atoms with van der Waals surface area (Å²) in [5, 5.41) is 1.76. The Morgan fingerprint density at radius 2 is 2.12 bits per heavy atom. The first kappa shape index (κ1) is 19.0. The number of nitrogens with zero attached hydrogens (tertiary/aromatic N) is 2. The monoisotopic (exact) mass is 299 g/mol. The van der Waals surface area contributed by atoms with Gasteiger partial charge in [-0.3, -0.25) is 4.79 Å². The van der Waals surface area contributed by atoms with Crippen LogP contribution in [0, 0.1) is 5.41 Å². The van der Waals surface area contributed by atoms with E-state index in [1.165, 1.54) is 11.3 Å². The first-order valence-electron chi connectivity index (χ1n) is 4.80. The summed E-state index contributed by atoms with van der Waals surface area (Å²) in [6.45, 7) is 5.27. The average Bonchev–Trinajstić information content (AvgIpc) is 2.68. The van der Waals surface area contributed by atoms with Gasteiger partial charge in [0.15, 0.2) is 0 Å². The first-order valence-corrected chi connectivity index (χ1v) is 5.74. The number of rotatable bonds is 4. The molecular weight excluding hydrogens is 281 g/mol. The van der Waals surface area contributed by atoms with Crippen LogP contribution in [0.5, 0.6) is 0 Å². The Bertz CT molecular complexity index is 330. The largest absolute Gasteiger partial charge is 0.340 e. The maximum absolute atomic E-state index is 11.8. The summed E-state index contributed by atoms with van der Waals surface area (Å²) in [7, 11) is 1.78. The second kappa shape index (κ2) is 7.87. The number of hydrogen-bond donors (Lipinski definition) is 1. The summed E-state index contributed by atoms with van der Waals surface area (Å²) in [6.07, 6.45) is 0. The van der Waals surface area contributed by atoms with Crippen LogP contribution in [0.3, 0.4) is 0 Å². The van der Waals surface area contributed by atoms with Crippen molar-refractivity contribution in [2.45, 2.75) is 13.8 Å². The quantitative estimate of drug-likeness (QED) is 0.925. The van der Waals surface area contributed by atoms with Gasteiger partial charge in [-0.15, -0.1) is 36.2 Å². The van der Waals surface area contributed by atoms with Crippen molar-refractivity contribution in [1.82, 2.24) is 9.88 Å². The highest BCUT2D eigenvalue weighted by Crippen LogP contribution is 2.15. The molecule has 4 nitrogen and oxygen atoms in total. The Morgan fingerprint density at radius 3 is 2.53 bits per heavy atom. The molecule has 0 saturated heterocycles. The van der Waals surface area contributed by atoms with Gasteiger partial charge in [-0.1, -0.05) is 13.8 Å². The highest BCUT2D eigenvalue weighted by atomic mass is 35.5. The number of nitrogens with two attached hydrogens (primary N) is 1. The summed E-state index contributed by atoms with van der Waals surface area (Å²) in [5.41, 5.74) is 7.74. The fourth-order valence-electron chi connectivity index (χ4n) is 1.29. The third-order valence-corrected chi connectivity index (χ3v) is 2.80. The first-order chi connectivity index (χ1) is 6.96. The molecule has 1 aromatic rings. The predicted molar refractivity (Wildman–Crippen MR) is 76.4 cm³/mol. The number of carbonyl (C=O) groups is 1. The van der Waals surface area contributed by atoms with Gasteiger partial charge in [0.2, 0.25) is 0 Å². The Labute approximate surface area is 118 Å². The van der Waals surface area contributed by atoms with E-state index in [-0.39, 0.29) is 36.1 Å². The van der Waals surface area contributed by atoms with Crippen molar-refractivity contribution < 1.29 is 4.79 Å². The van der Waals surface area contributed by atoms with E-state index >= 15 is 0 Å². The van der Waals surface area contributed by atoms with Crippen LogP contribution >= 0.6 is 36.2 Å². The van der Waals surface area contributed by atoms with Gasteiger partial charge in [0.1, 0.15) is 5.69 Å². The standard InChI is InChI=1S/C10H17N3OS.2ClH/c1-10(2,5-11)6-13(3)9(14)8-4-15-7-12-8;;/h4,7H,5-6,11H2,1-3H3;2*1H. The Balaban J connectivity index is 0. The molecule has 0 aliphatic rings. The number of halogens is 2. The lowest BCUT2D eigenvalue weighted by Gasteiger charge is -2.28. The van der Waals surface area contributed by atoms with Crippen molar-refractivity contribution in [3.63, 3.8) is 0 Å². The Hall–Kier alpha value is -0.360. The molecule has 0 aliphatic heterocycles. The Morgan fingerprint density at radius 1 is 1.53 bits per heavy atom. The fourth-order valence-corrected chi connectivity index (χ4v) is 1.82. The lowest BCUT2D eigenvalue weighted by molar-refractivity contribution is 0.0735. The van der Waals surface area contributed by atoms with E-state index in [0.29, 0.717) is 18.8 Å². The topological polar surface area (TPSA) is 59.2 Å². The SMILES string of the molecule is CN(CC(C)(C)CN)C(=O)c1cscn1.Cl.Cl. The highest BCUT2D eigenvalue weighted by molar-refractivity contribution is 7.07. The molecule has 0 atom stereocenters. The molecule has 7 heteroatoms. The van der Waals surface area contributed by atoms with Gasteiger partial charge in [0.25, 0.3) is 5.91 Å². The molecule has 100 valence electrons. The molecule has 1 rings (SSSR count). The van der Waals surface area contributed by atoms with Crippen LogP contribution in [0.4, 0.5) is 0 Å². The zero-order valence-electron chi connectivity index (χ0n) is 10.2. The minimum absolute atomic E-state index is 0. The number of thiazole rings is 1. The second-order valence-electron chi connectivity index (χ2n) is 4.40. The molecule has 0 saturated carbocycles. The van der Waals surface area contributed by atoms with Gasteiger partial charge < -0.3 is 10.6 Å². The molecule has 0 fully saturated rings. The molecule has 2 N–H and O–H groups in total. The van der Waals surface area contributed by atoms with Gasteiger partial charge in [-0.2, -0.15) is 0 Å². The lowest BCUT2D eigenvalue weighted by atomic mass is 9.93. The predicted octanol–water partition coefficient (Wildman–Crippen LogP) is 2.04. The van der Waals surface area contributed by atoms with Crippen molar-refractivity contribution in [3.8, 4) is 0 Å². The highest BCUT2D eigenvalue weighted by Gasteiger charge is 2.22. The maximum atomic E-state index is 11.8. The van der Waals surface area contributed by atoms with Crippen LogP contribution in [0.15, 0.2) is 10.9 Å². The zero-order valence-corrected chi connectivity index (χ0v) is 12.6. The van der Waals surface area contributed by atoms with E-state index in [1.807, 2.05) is 13.8 Å². The summed E-state index contributed by atoms with van der Waals surface area (Å²) in [5.74, 6) is -0.0437. The summed E-state index contributed by atoms with van der Waals surface area (Å²) in [4.78, 5) is 17.5. The molecule has 0 spiro atoms. The van der Waals surface area contributed by atoms with Crippen LogP contribution in [-0.2, 0) is 0 Å². The fraction of sp³-hybridized carbons (Fsp3) is 0.600. The minimum Gasteiger partial charge on any atom is -0.340 e. The average molecular weight is 300 g/mol. The molecule has 0 aliphatic carbocycles. The van der Waals surface area contributed by atoms with Gasteiger partial charge in [0.05, 0.1) is 5.51 Å². The van der Waals surface area contributed by atoms with Crippen molar-refractivity contribution in [3.05, 3.63) is 16.6 Å². The minimum atomic E-state index is -0.0551. The molecule has 0 radical (unpaired) electrons. The van der Waals surface area contributed by atoms with E-state index in [0.717, 1.165) is 0 Å². The zero-order chi connectivity index (χ0) is 11.5. The smallest absolute Gasteiger partial charge is 0.273 e. The van der Waals surface area contributed by atoms with Crippen LogP contribution < -0.4 is 5.73 Å². The van der Waals surface area contributed by atoms with Crippen LogP contribution in [0.2, 0.25) is 0 Å². The van der Waals surface area contributed by atoms with E-state index in [4.69, 9.17) is 5.73 Å². The third-order valence-electron chi connectivity index (χ3n) is 2.22. The number of hydrogen-bond acceptors (Lipinski definition) is 4. The van der Waals surface area contributed by atoms with E-state index in [2.05, 4.69) is 4.98 Å². The molecule has 0 aromatic carbocycles. The van der Waals surface area contributed by atoms with Crippen molar-refractivity contribution >= 4 is 42.1 Å². The van der Waals surface area contributed by atoms with Crippen molar-refractivity contribution in [1.29, 1.82) is 0 Å². The lowest BCUT2D eigenvalue weighted by Crippen LogP contribution is -2.39. The maximum Gasteiger partial charge on any atom is 0.273 e. The van der Waals surface area contributed by atoms with Gasteiger partial charge >= 0.3 is 0 Å². The molecular formula is C10H19Cl2N3OS. The second-order valence-corrected chi connectivity index (χ2v) is 5.12. The molecule has 1 heterocycles. The van der Waals surface area contributed by atoms with Gasteiger partial charge in [-0.05, 0) is 12.0 Å². The van der Waals surface area contributed by atoms with E-state index in [9.17, 15) is 4.79 Å². The number of amides is 1. The summed E-state index contributed by atoms with van der Waals surface area (Å²) >= 11 is 1.43. The molecule has 0 unspecified atom stereocenters. The number of carbonyl (C=O) groups excluding carboxylic acids is 1. The van der Waals surface area contributed by atoms with Gasteiger partial charge in [0, 0.05) is 19.0 Å². The molecule has 1 aromatic heterocycles. The Kier molecular flexibility index (Phi) is 8.79. The third kappa shape index (κ3) is 5.68. The van der Waals surface area contributed by atoms with Gasteiger partial charge in [-0.25, -0.2) is 4.98 Å². The molecule has 17 heavy (non-hydrogen) atoms. The summed E-state index contributed by atoms with van der Waals surface area (Å²) < 4.78 is 0. The number of aromatic nitrogens is 1. The van der Waals surface area contributed by atoms with E-state index < -0.39 is 0 Å². The van der Waals surface area contributed by atoms with Crippen LogP contribution in [-0.4, -0.2) is 35.9 Å². The van der Waals surface area contributed by atoms with Crippen LogP contribution in [0.25, 0.3) is 0 Å². The molecule has 0 bridgehead atoms.